The van der Waals surface area contributed by atoms with Crippen LogP contribution < -0.4 is 10.1 Å². The lowest BCUT2D eigenvalue weighted by Crippen LogP contribution is -2.40. The molecule has 1 spiro atoms. The first-order valence-electron chi connectivity index (χ1n) is 9.04. The van der Waals surface area contributed by atoms with Crippen LogP contribution in [0.4, 0.5) is 0 Å². The Balaban J connectivity index is 1.49. The molecular weight excluding hydrogens is 294 g/mol. The molecule has 1 fully saturated rings. The number of ether oxygens (including phenoxy) is 1. The summed E-state index contributed by atoms with van der Waals surface area (Å²) in [6.07, 6.45) is 9.17. The van der Waals surface area contributed by atoms with Crippen LogP contribution >= 0.6 is 0 Å². The maximum Gasteiger partial charge on any atom is 0.119 e. The van der Waals surface area contributed by atoms with Gasteiger partial charge in [-0.05, 0) is 61.2 Å². The van der Waals surface area contributed by atoms with Gasteiger partial charge >= 0.3 is 0 Å². The number of hydrogen-bond acceptors (Lipinski definition) is 2. The lowest BCUT2D eigenvalue weighted by atomic mass is 9.68. The molecule has 1 N–H and O–H groups in total. The topological polar surface area (TPSA) is 21.3 Å². The predicted octanol–water partition coefficient (Wildman–Crippen LogP) is 4.04. The van der Waals surface area contributed by atoms with Gasteiger partial charge in [0.1, 0.15) is 5.75 Å². The van der Waals surface area contributed by atoms with Crippen LogP contribution in [0, 0.1) is 0 Å². The van der Waals surface area contributed by atoms with Crippen LogP contribution in [-0.2, 0) is 18.3 Å². The Kier molecular flexibility index (Phi) is 4.40. The zero-order chi connectivity index (χ0) is 16.2. The molecule has 0 bridgehead atoms. The molecular formula is C22H25NO. The summed E-state index contributed by atoms with van der Waals surface area (Å²) in [6.45, 7) is 2.93. The number of hydrogen-bond donors (Lipinski definition) is 1. The fraction of sp³-hybridized carbons (Fsp3) is 0.364. The van der Waals surface area contributed by atoms with E-state index in [9.17, 15) is 0 Å². The fourth-order valence-electron chi connectivity index (χ4n) is 4.03. The first-order chi connectivity index (χ1) is 11.9. The molecule has 0 saturated carbocycles. The van der Waals surface area contributed by atoms with Crippen molar-refractivity contribution < 1.29 is 4.74 Å². The Hall–Kier alpha value is -2.06. The van der Waals surface area contributed by atoms with Crippen molar-refractivity contribution in [3.8, 4) is 5.75 Å². The molecule has 0 amide bonds. The first kappa shape index (κ1) is 15.5. The fourth-order valence-corrected chi connectivity index (χ4v) is 4.03. The molecule has 1 heterocycles. The van der Waals surface area contributed by atoms with Gasteiger partial charge in [0, 0.05) is 11.8 Å². The number of benzene rings is 2. The minimum Gasteiger partial charge on any atom is -0.493 e. The van der Waals surface area contributed by atoms with Gasteiger partial charge in [-0.1, -0.05) is 48.6 Å². The maximum atomic E-state index is 6.07. The summed E-state index contributed by atoms with van der Waals surface area (Å²) in [7, 11) is 0. The molecule has 0 radical (unpaired) electrons. The summed E-state index contributed by atoms with van der Waals surface area (Å²) in [5, 5.41) is 3.49. The molecule has 24 heavy (non-hydrogen) atoms. The third kappa shape index (κ3) is 3.11. The smallest absolute Gasteiger partial charge is 0.119 e. The summed E-state index contributed by atoms with van der Waals surface area (Å²) in [4.78, 5) is 0. The van der Waals surface area contributed by atoms with E-state index in [1.807, 2.05) is 0 Å². The summed E-state index contributed by atoms with van der Waals surface area (Å²) >= 11 is 0. The average Bonchev–Trinajstić information content (AvgIpc) is 2.64. The number of nitrogens with one attached hydrogen (secondary N) is 1. The van der Waals surface area contributed by atoms with E-state index >= 15 is 0 Å². The standard InChI is InChI=1S/C22H25NO/c1-2-5-18(6-3-1)10-16-24-20-9-8-19-7-4-11-22(21(19)17-20)12-14-23-15-13-22/h1-6,8-9,11,17,23H,7,10,12-16H2. The van der Waals surface area contributed by atoms with Crippen molar-refractivity contribution >= 4 is 0 Å². The molecule has 4 rings (SSSR count). The van der Waals surface area contributed by atoms with E-state index in [2.05, 4.69) is 66.0 Å². The van der Waals surface area contributed by atoms with E-state index in [1.54, 1.807) is 0 Å². The van der Waals surface area contributed by atoms with E-state index < -0.39 is 0 Å². The number of piperidine rings is 1. The highest BCUT2D eigenvalue weighted by atomic mass is 16.5. The number of rotatable bonds is 4. The average molecular weight is 319 g/mol. The number of allylic oxidation sites excluding steroid dienone is 2. The van der Waals surface area contributed by atoms with Gasteiger partial charge in [0.25, 0.3) is 0 Å². The zero-order valence-corrected chi connectivity index (χ0v) is 14.1. The van der Waals surface area contributed by atoms with Crippen LogP contribution in [0.1, 0.15) is 29.5 Å². The molecule has 2 aromatic rings. The highest BCUT2D eigenvalue weighted by Gasteiger charge is 2.34. The van der Waals surface area contributed by atoms with Crippen LogP contribution in [0.2, 0.25) is 0 Å². The highest BCUT2D eigenvalue weighted by Crippen LogP contribution is 2.41. The Morgan fingerprint density at radius 2 is 1.83 bits per heavy atom. The normalized spacial score (nSPS) is 18.3. The molecule has 0 unspecified atom stereocenters. The van der Waals surface area contributed by atoms with Crippen LogP contribution in [-0.4, -0.2) is 19.7 Å². The van der Waals surface area contributed by atoms with Crippen LogP contribution in [0.15, 0.2) is 60.7 Å². The predicted molar refractivity (Wildman–Crippen MR) is 98.7 cm³/mol. The quantitative estimate of drug-likeness (QED) is 0.859. The SMILES string of the molecule is C1=CC2(CCNCC2)c2cc(OCCc3ccccc3)ccc2C1. The van der Waals surface area contributed by atoms with Crippen molar-refractivity contribution in [2.45, 2.75) is 31.1 Å². The van der Waals surface area contributed by atoms with Crippen molar-refractivity contribution in [2.75, 3.05) is 19.7 Å². The Morgan fingerprint density at radius 3 is 2.67 bits per heavy atom. The second-order valence-electron chi connectivity index (χ2n) is 6.92. The minimum atomic E-state index is 0.220. The molecule has 2 nitrogen and oxygen atoms in total. The van der Waals surface area contributed by atoms with E-state index in [0.717, 1.165) is 38.3 Å². The summed E-state index contributed by atoms with van der Waals surface area (Å²) < 4.78 is 6.07. The highest BCUT2D eigenvalue weighted by molar-refractivity contribution is 5.47. The molecule has 2 aromatic carbocycles. The Labute approximate surface area is 144 Å². The lowest BCUT2D eigenvalue weighted by molar-refractivity contribution is 0.318. The maximum absolute atomic E-state index is 6.07. The van der Waals surface area contributed by atoms with Crippen molar-refractivity contribution in [3.63, 3.8) is 0 Å². The van der Waals surface area contributed by atoms with Crippen molar-refractivity contribution in [3.05, 3.63) is 77.4 Å². The molecule has 0 atom stereocenters. The largest absolute Gasteiger partial charge is 0.493 e. The third-order valence-electron chi connectivity index (χ3n) is 5.39. The van der Waals surface area contributed by atoms with Crippen molar-refractivity contribution in [1.82, 2.24) is 5.32 Å². The Bertz CT molecular complexity index is 714. The second-order valence-corrected chi connectivity index (χ2v) is 6.92. The minimum absolute atomic E-state index is 0.220. The van der Waals surface area contributed by atoms with Gasteiger partial charge in [0.15, 0.2) is 0 Å². The third-order valence-corrected chi connectivity index (χ3v) is 5.39. The molecule has 1 saturated heterocycles. The van der Waals surface area contributed by atoms with Gasteiger partial charge in [-0.3, -0.25) is 0 Å². The van der Waals surface area contributed by atoms with Crippen molar-refractivity contribution in [2.24, 2.45) is 0 Å². The van der Waals surface area contributed by atoms with Gasteiger partial charge in [0.2, 0.25) is 0 Å². The second kappa shape index (κ2) is 6.82. The van der Waals surface area contributed by atoms with E-state index in [0.29, 0.717) is 0 Å². The van der Waals surface area contributed by atoms with E-state index in [4.69, 9.17) is 4.74 Å². The van der Waals surface area contributed by atoms with Gasteiger partial charge in [0.05, 0.1) is 6.61 Å². The first-order valence-corrected chi connectivity index (χ1v) is 9.04. The van der Waals surface area contributed by atoms with Gasteiger partial charge in [-0.2, -0.15) is 0 Å². The lowest BCUT2D eigenvalue weighted by Gasteiger charge is -2.39. The van der Waals surface area contributed by atoms with Crippen LogP contribution in [0.5, 0.6) is 5.75 Å². The van der Waals surface area contributed by atoms with Crippen LogP contribution in [0.3, 0.4) is 0 Å². The molecule has 2 aliphatic rings. The van der Waals surface area contributed by atoms with Gasteiger partial charge < -0.3 is 10.1 Å². The molecule has 0 aromatic heterocycles. The van der Waals surface area contributed by atoms with Crippen molar-refractivity contribution in [1.29, 1.82) is 0 Å². The molecule has 124 valence electrons. The molecule has 1 aliphatic heterocycles. The van der Waals surface area contributed by atoms with Crippen LogP contribution in [0.25, 0.3) is 0 Å². The van der Waals surface area contributed by atoms with E-state index in [-0.39, 0.29) is 5.41 Å². The molecule has 2 heteroatoms. The summed E-state index contributed by atoms with van der Waals surface area (Å²) in [5.41, 5.74) is 4.50. The van der Waals surface area contributed by atoms with Gasteiger partial charge in [-0.25, -0.2) is 0 Å². The van der Waals surface area contributed by atoms with Gasteiger partial charge in [-0.15, -0.1) is 0 Å². The number of fused-ring (bicyclic) bond motifs is 2. The zero-order valence-electron chi connectivity index (χ0n) is 14.1. The monoisotopic (exact) mass is 319 g/mol. The summed E-state index contributed by atoms with van der Waals surface area (Å²) in [6, 6.07) is 17.2. The van der Waals surface area contributed by atoms with E-state index in [1.165, 1.54) is 29.5 Å². The summed E-state index contributed by atoms with van der Waals surface area (Å²) in [5.74, 6) is 1.01. The Morgan fingerprint density at radius 1 is 1.00 bits per heavy atom. The molecule has 1 aliphatic carbocycles.